The number of aliphatic hydroxyl groups is 1. The van der Waals surface area contributed by atoms with Crippen molar-refractivity contribution in [2.45, 2.75) is 134 Å². The number of carbonyl (C=O) groups is 2. The molecule has 4 fully saturated rings. The summed E-state index contributed by atoms with van der Waals surface area (Å²) in [6.07, 6.45) is 9.63. The van der Waals surface area contributed by atoms with Crippen molar-refractivity contribution in [2.24, 2.45) is 29.1 Å². The highest BCUT2D eigenvalue weighted by Crippen LogP contribution is 2.59. The van der Waals surface area contributed by atoms with Crippen molar-refractivity contribution >= 4 is 11.8 Å². The van der Waals surface area contributed by atoms with Gasteiger partial charge in [-0.1, -0.05) is 25.7 Å². The summed E-state index contributed by atoms with van der Waals surface area (Å²) in [5.74, 6) is 0.0414. The Balaban J connectivity index is 1.50. The first-order chi connectivity index (χ1) is 20.7. The zero-order valence-corrected chi connectivity index (χ0v) is 25.9. The Kier molecular flexibility index (Phi) is 9.23. The molecule has 9 heteroatoms. The van der Waals surface area contributed by atoms with Gasteiger partial charge in [0.25, 0.3) is 0 Å². The van der Waals surface area contributed by atoms with E-state index in [0.717, 1.165) is 94.6 Å². The SMILES string of the molecule is COC1CCCCC1CN1C(=O)C2=C(CCCC2)[C@@]2(CC3CCCCC3N(CC(F)(F)F)C2=O)[C@@H]1C1CCC(CO)CC1. The van der Waals surface area contributed by atoms with Crippen LogP contribution in [0, 0.1) is 29.1 Å². The van der Waals surface area contributed by atoms with Crippen LogP contribution in [0.15, 0.2) is 11.1 Å². The van der Waals surface area contributed by atoms with E-state index in [0.29, 0.717) is 32.2 Å². The Morgan fingerprint density at radius 3 is 2.28 bits per heavy atom. The van der Waals surface area contributed by atoms with Crippen molar-refractivity contribution in [1.82, 2.24) is 9.80 Å². The van der Waals surface area contributed by atoms with Crippen molar-refractivity contribution in [3.8, 4) is 0 Å². The summed E-state index contributed by atoms with van der Waals surface area (Å²) in [4.78, 5) is 33.0. The van der Waals surface area contributed by atoms with Crippen LogP contribution < -0.4 is 0 Å². The molecule has 1 N–H and O–H groups in total. The molecule has 0 radical (unpaired) electrons. The van der Waals surface area contributed by atoms with Gasteiger partial charge in [0.15, 0.2) is 0 Å². The molecule has 6 rings (SSSR count). The van der Waals surface area contributed by atoms with Gasteiger partial charge in [-0.2, -0.15) is 13.2 Å². The van der Waals surface area contributed by atoms with Gasteiger partial charge in [-0.3, -0.25) is 9.59 Å². The smallest absolute Gasteiger partial charge is 0.396 e. The average Bonchev–Trinajstić information content (AvgIpc) is 3.01. The number of halogens is 3. The van der Waals surface area contributed by atoms with Gasteiger partial charge in [-0.25, -0.2) is 0 Å². The van der Waals surface area contributed by atoms with Gasteiger partial charge in [0.05, 0.1) is 17.6 Å². The minimum absolute atomic E-state index is 0.0113. The summed E-state index contributed by atoms with van der Waals surface area (Å²) >= 11 is 0. The quantitative estimate of drug-likeness (QED) is 0.378. The van der Waals surface area contributed by atoms with E-state index in [1.54, 1.807) is 7.11 Å². The predicted molar refractivity (Wildman–Crippen MR) is 157 cm³/mol. The van der Waals surface area contributed by atoms with Crippen LogP contribution in [0.2, 0.25) is 0 Å². The third kappa shape index (κ3) is 5.79. The number of ether oxygens (including phenoxy) is 1. The number of hydrogen-bond donors (Lipinski definition) is 1. The van der Waals surface area contributed by atoms with Gasteiger partial charge in [0.1, 0.15) is 6.54 Å². The highest BCUT2D eigenvalue weighted by Gasteiger charge is 2.64. The summed E-state index contributed by atoms with van der Waals surface area (Å²) < 4.78 is 48.6. The van der Waals surface area contributed by atoms with Crippen LogP contribution in [0.5, 0.6) is 0 Å². The molecule has 6 atom stereocenters. The molecule has 4 unspecified atom stereocenters. The fourth-order valence-corrected chi connectivity index (χ4v) is 10.5. The van der Waals surface area contributed by atoms with Crippen LogP contribution in [0.3, 0.4) is 0 Å². The fourth-order valence-electron chi connectivity index (χ4n) is 10.5. The van der Waals surface area contributed by atoms with E-state index in [9.17, 15) is 23.1 Å². The minimum Gasteiger partial charge on any atom is -0.396 e. The second-order valence-corrected chi connectivity index (χ2v) is 14.7. The number of fused-ring (bicyclic) bond motifs is 2. The number of amides is 2. The summed E-state index contributed by atoms with van der Waals surface area (Å²) in [7, 11) is 1.74. The van der Waals surface area contributed by atoms with E-state index in [4.69, 9.17) is 4.74 Å². The second kappa shape index (κ2) is 12.6. The monoisotopic (exact) mass is 608 g/mol. The standard InChI is InChI=1S/C34H51F3N2O4/c1-43-29-13-7-3-9-25(29)19-38-30(23-16-14-22(20-40)15-17-23)33(27-11-5-4-10-26(27)31(38)41)18-24-8-2-6-12-28(24)39(32(33)42)21-34(35,36)37/h22-25,28-30,40H,2-21H2,1H3/t22?,23?,24?,25?,28?,29?,30-,33-/m0/s1. The van der Waals surface area contributed by atoms with Crippen molar-refractivity contribution in [3.63, 3.8) is 0 Å². The number of aliphatic hydroxyl groups excluding tert-OH is 1. The zero-order valence-electron chi connectivity index (χ0n) is 25.9. The van der Waals surface area contributed by atoms with Crippen LogP contribution in [0.4, 0.5) is 13.2 Å². The van der Waals surface area contributed by atoms with Gasteiger partial charge in [0, 0.05) is 37.8 Å². The zero-order chi connectivity index (χ0) is 30.4. The van der Waals surface area contributed by atoms with Crippen molar-refractivity contribution < 1.29 is 32.6 Å². The van der Waals surface area contributed by atoms with E-state index >= 15 is 4.79 Å². The molecule has 2 aliphatic heterocycles. The maximum atomic E-state index is 15.1. The highest BCUT2D eigenvalue weighted by molar-refractivity contribution is 6.01. The first kappa shape index (κ1) is 31.4. The van der Waals surface area contributed by atoms with E-state index in [-0.39, 0.29) is 54.2 Å². The lowest BCUT2D eigenvalue weighted by Gasteiger charge is -2.61. The number of hydrogen-bond acceptors (Lipinski definition) is 4. The Labute approximate surface area is 254 Å². The number of methoxy groups -OCH3 is 1. The molecule has 242 valence electrons. The van der Waals surface area contributed by atoms with Crippen LogP contribution in [0.1, 0.15) is 109 Å². The molecule has 2 amide bonds. The van der Waals surface area contributed by atoms with Gasteiger partial charge in [0.2, 0.25) is 11.8 Å². The molecule has 4 aliphatic carbocycles. The molecule has 0 aromatic heterocycles. The first-order valence-corrected chi connectivity index (χ1v) is 17.2. The lowest BCUT2D eigenvalue weighted by molar-refractivity contribution is -0.190. The minimum atomic E-state index is -4.48. The first-order valence-electron chi connectivity index (χ1n) is 17.2. The maximum Gasteiger partial charge on any atom is 0.406 e. The van der Waals surface area contributed by atoms with Crippen LogP contribution in [0.25, 0.3) is 0 Å². The number of nitrogens with zero attached hydrogens (tertiary/aromatic N) is 2. The second-order valence-electron chi connectivity index (χ2n) is 14.7. The van der Waals surface area contributed by atoms with Crippen LogP contribution in [-0.2, 0) is 14.3 Å². The predicted octanol–water partition coefficient (Wildman–Crippen LogP) is 6.41. The number of alkyl halides is 3. The van der Waals surface area contributed by atoms with E-state index < -0.39 is 24.2 Å². The topological polar surface area (TPSA) is 70.1 Å². The van der Waals surface area contributed by atoms with Gasteiger partial charge < -0.3 is 19.6 Å². The lowest BCUT2D eigenvalue weighted by Crippen LogP contribution is -2.70. The summed E-state index contributed by atoms with van der Waals surface area (Å²) in [6.45, 7) is -0.578. The average molecular weight is 609 g/mol. The van der Waals surface area contributed by atoms with Gasteiger partial charge in [-0.05, 0) is 107 Å². The third-order valence-electron chi connectivity index (χ3n) is 12.4. The van der Waals surface area contributed by atoms with E-state index in [2.05, 4.69) is 0 Å². The highest BCUT2D eigenvalue weighted by atomic mass is 19.4. The number of likely N-dealkylation sites (tertiary alicyclic amines) is 1. The molecule has 0 bridgehead atoms. The molecule has 2 heterocycles. The molecule has 1 spiro atoms. The Hall–Kier alpha value is -1.61. The number of rotatable bonds is 6. The normalized spacial score (nSPS) is 39.2. The molecule has 6 nitrogen and oxygen atoms in total. The molecular weight excluding hydrogens is 557 g/mol. The Morgan fingerprint density at radius 2 is 1.56 bits per heavy atom. The summed E-state index contributed by atoms with van der Waals surface area (Å²) in [5.41, 5.74) is 0.523. The fraction of sp³-hybridized carbons (Fsp3) is 0.882. The number of piperidine rings is 1. The van der Waals surface area contributed by atoms with Gasteiger partial charge >= 0.3 is 6.18 Å². The molecule has 0 aromatic rings. The van der Waals surface area contributed by atoms with Crippen molar-refractivity contribution in [1.29, 1.82) is 0 Å². The van der Waals surface area contributed by atoms with Crippen molar-refractivity contribution in [3.05, 3.63) is 11.1 Å². The molecule has 43 heavy (non-hydrogen) atoms. The van der Waals surface area contributed by atoms with Gasteiger partial charge in [-0.15, -0.1) is 0 Å². The Bertz CT molecular complexity index is 1070. The van der Waals surface area contributed by atoms with Crippen LogP contribution in [-0.4, -0.2) is 77.9 Å². The van der Waals surface area contributed by atoms with Crippen LogP contribution >= 0.6 is 0 Å². The summed E-state index contributed by atoms with van der Waals surface area (Å²) in [5, 5.41) is 9.91. The van der Waals surface area contributed by atoms with Crippen molar-refractivity contribution in [2.75, 3.05) is 26.8 Å². The lowest BCUT2D eigenvalue weighted by atomic mass is 9.53. The maximum absolute atomic E-state index is 15.1. The number of carbonyl (C=O) groups excluding carboxylic acids is 2. The summed E-state index contributed by atoms with van der Waals surface area (Å²) in [6, 6.07) is -0.823. The Morgan fingerprint density at radius 1 is 0.860 bits per heavy atom. The largest absolute Gasteiger partial charge is 0.406 e. The third-order valence-corrected chi connectivity index (χ3v) is 12.4. The van der Waals surface area contributed by atoms with E-state index in [1.165, 1.54) is 4.90 Å². The molecule has 6 aliphatic rings. The molecule has 3 saturated carbocycles. The molecule has 1 saturated heterocycles. The molecule has 0 aromatic carbocycles. The van der Waals surface area contributed by atoms with E-state index in [1.807, 2.05) is 4.90 Å². The molecular formula is C34H51F3N2O4.